The van der Waals surface area contributed by atoms with Crippen LogP contribution in [0.2, 0.25) is 0 Å². The molecule has 106 valence electrons. The van der Waals surface area contributed by atoms with Crippen LogP contribution in [0.5, 0.6) is 5.75 Å². The predicted octanol–water partition coefficient (Wildman–Crippen LogP) is 1.42. The van der Waals surface area contributed by atoms with Gasteiger partial charge < -0.3 is 9.47 Å². The first-order valence-corrected chi connectivity index (χ1v) is 7.61. The molecular formula is C13H18O5S. The molecule has 19 heavy (non-hydrogen) atoms. The van der Waals surface area contributed by atoms with E-state index in [1.54, 1.807) is 31.4 Å². The summed E-state index contributed by atoms with van der Waals surface area (Å²) in [5.74, 6) is -0.819. The summed E-state index contributed by atoms with van der Waals surface area (Å²) < 4.78 is 33.4. The molecule has 6 heteroatoms. The highest BCUT2D eigenvalue weighted by Crippen LogP contribution is 2.15. The third-order valence-corrected chi connectivity index (χ3v) is 4.43. The molecule has 1 aromatic carbocycles. The number of ether oxygens (including phenoxy) is 2. The number of carbonyl (C=O) groups excluding carboxylic acids is 1. The van der Waals surface area contributed by atoms with Crippen molar-refractivity contribution >= 4 is 15.8 Å². The molecule has 1 unspecified atom stereocenters. The molecule has 0 radical (unpaired) electrons. The van der Waals surface area contributed by atoms with Crippen molar-refractivity contribution in [1.82, 2.24) is 0 Å². The van der Waals surface area contributed by atoms with Crippen molar-refractivity contribution in [2.24, 2.45) is 5.92 Å². The Kier molecular flexibility index (Phi) is 5.35. The van der Waals surface area contributed by atoms with Crippen LogP contribution >= 0.6 is 0 Å². The largest absolute Gasteiger partial charge is 0.497 e. The summed E-state index contributed by atoms with van der Waals surface area (Å²) in [7, 11) is -0.560. The molecule has 0 spiro atoms. The van der Waals surface area contributed by atoms with Crippen molar-refractivity contribution in [2.75, 3.05) is 20.0 Å². The Morgan fingerprint density at radius 1 is 1.21 bits per heavy atom. The average Bonchev–Trinajstić information content (AvgIpc) is 2.37. The molecule has 5 nitrogen and oxygen atoms in total. The lowest BCUT2D eigenvalue weighted by Gasteiger charge is -2.10. The minimum atomic E-state index is -3.35. The van der Waals surface area contributed by atoms with Crippen molar-refractivity contribution < 1.29 is 22.7 Å². The van der Waals surface area contributed by atoms with Gasteiger partial charge in [0, 0.05) is 0 Å². The maximum Gasteiger partial charge on any atom is 0.309 e. The van der Waals surface area contributed by atoms with E-state index in [1.807, 2.05) is 0 Å². The fourth-order valence-electron chi connectivity index (χ4n) is 1.68. The van der Waals surface area contributed by atoms with Crippen molar-refractivity contribution in [3.63, 3.8) is 0 Å². The van der Waals surface area contributed by atoms with E-state index in [9.17, 15) is 13.2 Å². The number of esters is 1. The van der Waals surface area contributed by atoms with Gasteiger partial charge in [-0.15, -0.1) is 0 Å². The molecule has 0 aromatic heterocycles. The third kappa shape index (κ3) is 4.90. The standard InChI is InChI=1S/C13H18O5S/c1-10(13(14)18-3)8-19(15,16)9-11-4-6-12(17-2)7-5-11/h4-7,10H,8-9H2,1-3H3. The van der Waals surface area contributed by atoms with Crippen LogP contribution in [0.25, 0.3) is 0 Å². The van der Waals surface area contributed by atoms with E-state index in [2.05, 4.69) is 4.74 Å². The second kappa shape index (κ2) is 6.56. The van der Waals surface area contributed by atoms with Crippen LogP contribution in [0.15, 0.2) is 24.3 Å². The molecule has 0 aliphatic carbocycles. The summed E-state index contributed by atoms with van der Waals surface area (Å²) in [6.45, 7) is 1.54. The first-order valence-electron chi connectivity index (χ1n) is 5.79. The Morgan fingerprint density at radius 3 is 2.26 bits per heavy atom. The Hall–Kier alpha value is -1.56. The Morgan fingerprint density at radius 2 is 1.79 bits per heavy atom. The fraction of sp³-hybridized carbons (Fsp3) is 0.462. The molecule has 0 heterocycles. The summed E-state index contributed by atoms with van der Waals surface area (Å²) in [4.78, 5) is 11.2. The number of methoxy groups -OCH3 is 2. The van der Waals surface area contributed by atoms with Crippen LogP contribution < -0.4 is 4.74 Å². The molecule has 1 atom stereocenters. The third-order valence-electron chi connectivity index (χ3n) is 2.65. The first-order chi connectivity index (χ1) is 8.88. The van der Waals surface area contributed by atoms with E-state index in [-0.39, 0.29) is 11.5 Å². The molecule has 1 rings (SSSR count). The van der Waals surface area contributed by atoms with Crippen LogP contribution in [0, 0.1) is 5.92 Å². The van der Waals surface area contributed by atoms with Gasteiger partial charge in [0.15, 0.2) is 9.84 Å². The molecule has 0 aliphatic heterocycles. The highest BCUT2D eigenvalue weighted by atomic mass is 32.2. The van der Waals surface area contributed by atoms with Gasteiger partial charge in [-0.25, -0.2) is 8.42 Å². The van der Waals surface area contributed by atoms with E-state index in [4.69, 9.17) is 4.74 Å². The summed E-state index contributed by atoms with van der Waals surface area (Å²) in [6.07, 6.45) is 0. The number of sulfone groups is 1. The molecule has 0 fully saturated rings. The van der Waals surface area contributed by atoms with Crippen molar-refractivity contribution in [2.45, 2.75) is 12.7 Å². The Labute approximate surface area is 113 Å². The Bertz CT molecular complexity index is 518. The fourth-order valence-corrected chi connectivity index (χ4v) is 3.40. The maximum absolute atomic E-state index is 11.9. The molecule has 1 aromatic rings. The minimum absolute atomic E-state index is 0.0989. The molecule has 0 aliphatic rings. The predicted molar refractivity (Wildman–Crippen MR) is 71.7 cm³/mol. The lowest BCUT2D eigenvalue weighted by Crippen LogP contribution is -2.23. The lowest BCUT2D eigenvalue weighted by atomic mass is 10.2. The van der Waals surface area contributed by atoms with Crippen LogP contribution in [-0.2, 0) is 25.1 Å². The van der Waals surface area contributed by atoms with E-state index in [0.717, 1.165) is 0 Å². The van der Waals surface area contributed by atoms with Gasteiger partial charge in [0.1, 0.15) is 5.75 Å². The molecule has 0 amide bonds. The number of hydrogen-bond donors (Lipinski definition) is 0. The maximum atomic E-state index is 11.9. The van der Waals surface area contributed by atoms with Gasteiger partial charge in [0.25, 0.3) is 0 Å². The van der Waals surface area contributed by atoms with Gasteiger partial charge in [-0.1, -0.05) is 19.1 Å². The summed E-state index contributed by atoms with van der Waals surface area (Å²) in [6, 6.07) is 6.79. The van der Waals surface area contributed by atoms with Gasteiger partial charge in [-0.2, -0.15) is 0 Å². The molecule has 0 saturated heterocycles. The second-order valence-electron chi connectivity index (χ2n) is 4.33. The van der Waals surface area contributed by atoms with Crippen LogP contribution in [-0.4, -0.2) is 34.4 Å². The second-order valence-corrected chi connectivity index (χ2v) is 6.44. The highest BCUT2D eigenvalue weighted by Gasteiger charge is 2.22. The number of rotatable bonds is 6. The highest BCUT2D eigenvalue weighted by molar-refractivity contribution is 7.90. The zero-order chi connectivity index (χ0) is 14.5. The average molecular weight is 286 g/mol. The van der Waals surface area contributed by atoms with E-state index < -0.39 is 21.7 Å². The minimum Gasteiger partial charge on any atom is -0.497 e. The quantitative estimate of drug-likeness (QED) is 0.740. The molecular weight excluding hydrogens is 268 g/mol. The molecule has 0 N–H and O–H groups in total. The summed E-state index contributed by atoms with van der Waals surface area (Å²) in [5, 5.41) is 0. The van der Waals surface area contributed by atoms with Gasteiger partial charge in [-0.3, -0.25) is 4.79 Å². The zero-order valence-corrected chi connectivity index (χ0v) is 12.1. The van der Waals surface area contributed by atoms with Gasteiger partial charge in [-0.05, 0) is 17.7 Å². The van der Waals surface area contributed by atoms with E-state index in [0.29, 0.717) is 11.3 Å². The number of carbonyl (C=O) groups is 1. The van der Waals surface area contributed by atoms with Crippen LogP contribution in [0.4, 0.5) is 0 Å². The smallest absolute Gasteiger partial charge is 0.309 e. The van der Waals surface area contributed by atoms with Crippen LogP contribution in [0.3, 0.4) is 0 Å². The van der Waals surface area contributed by atoms with Crippen molar-refractivity contribution in [3.05, 3.63) is 29.8 Å². The van der Waals surface area contributed by atoms with E-state index in [1.165, 1.54) is 14.0 Å². The topological polar surface area (TPSA) is 69.7 Å². The van der Waals surface area contributed by atoms with Crippen molar-refractivity contribution in [1.29, 1.82) is 0 Å². The zero-order valence-electron chi connectivity index (χ0n) is 11.3. The number of hydrogen-bond acceptors (Lipinski definition) is 5. The Balaban J connectivity index is 2.70. The SMILES string of the molecule is COC(=O)C(C)CS(=O)(=O)Cc1ccc(OC)cc1. The molecule has 0 saturated carbocycles. The van der Waals surface area contributed by atoms with Crippen LogP contribution in [0.1, 0.15) is 12.5 Å². The van der Waals surface area contributed by atoms with Gasteiger partial charge >= 0.3 is 5.97 Å². The monoisotopic (exact) mass is 286 g/mol. The summed E-state index contributed by atoms with van der Waals surface area (Å²) in [5.41, 5.74) is 0.665. The first kappa shape index (κ1) is 15.5. The normalized spacial score (nSPS) is 12.8. The van der Waals surface area contributed by atoms with Gasteiger partial charge in [0.2, 0.25) is 0 Å². The van der Waals surface area contributed by atoms with E-state index >= 15 is 0 Å². The summed E-state index contributed by atoms with van der Waals surface area (Å²) >= 11 is 0. The molecule has 0 bridgehead atoms. The number of benzene rings is 1. The van der Waals surface area contributed by atoms with Crippen molar-refractivity contribution in [3.8, 4) is 5.75 Å². The van der Waals surface area contributed by atoms with Gasteiger partial charge in [0.05, 0.1) is 31.6 Å². The lowest BCUT2D eigenvalue weighted by molar-refractivity contribution is -0.144.